The number of hydrogen-bond donors (Lipinski definition) is 2. The number of aromatic nitrogens is 2. The Hall–Kier alpha value is -5.25. The number of carbonyl (C=O) groups is 5. The third-order valence-corrected chi connectivity index (χ3v) is 9.43. The lowest BCUT2D eigenvalue weighted by atomic mass is 9.97. The standard InChI is InChI=1S/C36H45N5O10/c1-3-22(2)33(36(50)51)39(12-14-40(20-31(42)43)29(34(46)47)16-23-18-37-27-10-6-4-8-25(23)27)13-15-41(21-32(44)45)30(35(48)49)17-24-19-38-28-11-7-5-9-26(24)28/h4-11,18-19,22,29-30,33,37-38H,3,12-17,20-21H2,1-2H3,(H,42,43)(H,44,45)(H,46,47)(H,48,49)(H,50,51)/p-5. The van der Waals surface area contributed by atoms with Crippen LogP contribution < -0.4 is 25.5 Å². The fourth-order valence-electron chi connectivity index (χ4n) is 6.63. The molecule has 0 amide bonds. The predicted octanol–water partition coefficient (Wildman–Crippen LogP) is -3.76. The number of para-hydroxylation sites is 2. The number of fused-ring (bicyclic) bond motifs is 2. The van der Waals surface area contributed by atoms with Crippen LogP contribution in [-0.2, 0) is 36.8 Å². The highest BCUT2D eigenvalue weighted by atomic mass is 16.4. The Morgan fingerprint density at radius 2 is 1.00 bits per heavy atom. The van der Waals surface area contributed by atoms with Gasteiger partial charge in [0.2, 0.25) is 0 Å². The molecular formula is C36H40N5O10-5. The molecule has 0 saturated heterocycles. The SMILES string of the molecule is CCC(C)C(C(=O)[O-])N(CCN(CC(=O)[O-])C(Cc1c[nH]c2ccccc12)C(=O)[O-])CCN(CC(=O)[O-])C(Cc1c[nH]c2ccccc12)C(=O)[O-]. The Labute approximate surface area is 294 Å². The van der Waals surface area contributed by atoms with Crippen molar-refractivity contribution in [2.75, 3.05) is 39.3 Å². The number of carboxylic acids is 5. The maximum absolute atomic E-state index is 12.5. The van der Waals surface area contributed by atoms with E-state index in [0.29, 0.717) is 17.5 Å². The first-order valence-corrected chi connectivity index (χ1v) is 16.6. The Balaban J connectivity index is 1.62. The summed E-state index contributed by atoms with van der Waals surface area (Å²) in [4.78, 5) is 70.9. The average Bonchev–Trinajstić information content (AvgIpc) is 3.69. The fraction of sp³-hybridized carbons (Fsp3) is 0.417. The highest BCUT2D eigenvalue weighted by Crippen LogP contribution is 2.23. The van der Waals surface area contributed by atoms with Gasteiger partial charge in [-0.2, -0.15) is 0 Å². The summed E-state index contributed by atoms with van der Waals surface area (Å²) in [5.41, 5.74) is 2.67. The van der Waals surface area contributed by atoms with Crippen LogP contribution in [0.2, 0.25) is 0 Å². The van der Waals surface area contributed by atoms with Gasteiger partial charge in [0.1, 0.15) is 0 Å². The van der Waals surface area contributed by atoms with Crippen LogP contribution in [0.4, 0.5) is 0 Å². The van der Waals surface area contributed by atoms with Crippen molar-refractivity contribution in [2.24, 2.45) is 5.92 Å². The van der Waals surface area contributed by atoms with Crippen molar-refractivity contribution < 1.29 is 49.5 Å². The predicted molar refractivity (Wildman–Crippen MR) is 175 cm³/mol. The van der Waals surface area contributed by atoms with Crippen LogP contribution in [-0.4, -0.2) is 112 Å². The molecule has 0 aliphatic carbocycles. The van der Waals surface area contributed by atoms with E-state index in [1.807, 2.05) is 0 Å². The molecule has 15 heteroatoms. The smallest absolute Gasteiger partial charge is 0.0590 e. The molecule has 274 valence electrons. The van der Waals surface area contributed by atoms with Gasteiger partial charge in [-0.3, -0.25) is 14.7 Å². The number of aromatic amines is 2. The second-order valence-electron chi connectivity index (χ2n) is 12.7. The molecule has 4 rings (SSSR count). The van der Waals surface area contributed by atoms with Crippen molar-refractivity contribution in [3.05, 3.63) is 72.1 Å². The Bertz CT molecular complexity index is 1720. The zero-order chi connectivity index (χ0) is 37.2. The van der Waals surface area contributed by atoms with Crippen molar-refractivity contribution >= 4 is 51.7 Å². The van der Waals surface area contributed by atoms with Crippen molar-refractivity contribution in [2.45, 2.75) is 51.2 Å². The lowest BCUT2D eigenvalue weighted by Crippen LogP contribution is -2.59. The Morgan fingerprint density at radius 1 is 0.608 bits per heavy atom. The average molecular weight is 703 g/mol. The summed E-state index contributed by atoms with van der Waals surface area (Å²) in [5.74, 6) is -8.24. The van der Waals surface area contributed by atoms with Crippen LogP contribution in [0.1, 0.15) is 31.4 Å². The Kier molecular flexibility index (Phi) is 13.3. The second kappa shape index (κ2) is 17.6. The molecule has 0 bridgehead atoms. The third kappa shape index (κ3) is 9.93. The van der Waals surface area contributed by atoms with Crippen LogP contribution in [0.25, 0.3) is 21.8 Å². The summed E-state index contributed by atoms with van der Waals surface area (Å²) < 4.78 is 0. The van der Waals surface area contributed by atoms with E-state index in [-0.39, 0.29) is 39.0 Å². The van der Waals surface area contributed by atoms with Crippen molar-refractivity contribution in [1.29, 1.82) is 0 Å². The molecule has 0 radical (unpaired) electrons. The molecule has 0 aliphatic heterocycles. The maximum Gasteiger partial charge on any atom is 0.0590 e. The summed E-state index contributed by atoms with van der Waals surface area (Å²) in [5, 5.41) is 62.6. The van der Waals surface area contributed by atoms with Crippen molar-refractivity contribution in [3.8, 4) is 0 Å². The van der Waals surface area contributed by atoms with E-state index in [9.17, 15) is 49.5 Å². The minimum atomic E-state index is -1.57. The number of nitrogens with zero attached hydrogens (tertiary/aromatic N) is 3. The number of hydrogen-bond acceptors (Lipinski definition) is 13. The molecule has 0 saturated carbocycles. The monoisotopic (exact) mass is 702 g/mol. The van der Waals surface area contributed by atoms with E-state index in [1.165, 1.54) is 4.90 Å². The number of carboxylic acid groups (broad SMARTS) is 5. The molecule has 4 unspecified atom stereocenters. The number of rotatable bonds is 22. The number of benzene rings is 2. The zero-order valence-corrected chi connectivity index (χ0v) is 28.4. The first-order chi connectivity index (χ1) is 24.3. The van der Waals surface area contributed by atoms with Gasteiger partial charge in [0.05, 0.1) is 48.0 Å². The summed E-state index contributed by atoms with van der Waals surface area (Å²) in [6, 6.07) is 10.1. The third-order valence-electron chi connectivity index (χ3n) is 9.43. The van der Waals surface area contributed by atoms with E-state index in [1.54, 1.807) is 74.8 Å². The number of aliphatic carboxylic acids is 5. The van der Waals surface area contributed by atoms with Gasteiger partial charge in [-0.1, -0.05) is 56.7 Å². The molecular weight excluding hydrogens is 662 g/mol. The quantitative estimate of drug-likeness (QED) is 0.0801. The van der Waals surface area contributed by atoms with Crippen molar-refractivity contribution in [1.82, 2.24) is 24.7 Å². The molecule has 2 N–H and O–H groups in total. The van der Waals surface area contributed by atoms with Crippen LogP contribution in [0.5, 0.6) is 0 Å². The number of H-pyrrole nitrogens is 2. The molecule has 2 heterocycles. The minimum Gasteiger partial charge on any atom is -0.549 e. The van der Waals surface area contributed by atoms with Crippen molar-refractivity contribution in [3.63, 3.8) is 0 Å². The summed E-state index contributed by atoms with van der Waals surface area (Å²) in [6.07, 6.45) is 3.33. The molecule has 4 aromatic rings. The number of carbonyl (C=O) groups excluding carboxylic acids is 5. The molecule has 15 nitrogen and oxygen atoms in total. The van der Waals surface area contributed by atoms with E-state index >= 15 is 0 Å². The van der Waals surface area contributed by atoms with Gasteiger partial charge in [-0.25, -0.2) is 0 Å². The summed E-state index contributed by atoms with van der Waals surface area (Å²) in [7, 11) is 0. The fourth-order valence-corrected chi connectivity index (χ4v) is 6.63. The molecule has 0 aliphatic rings. The second-order valence-corrected chi connectivity index (χ2v) is 12.7. The summed E-state index contributed by atoms with van der Waals surface area (Å²) >= 11 is 0. The molecule has 2 aromatic carbocycles. The van der Waals surface area contributed by atoms with Gasteiger partial charge < -0.3 is 59.5 Å². The van der Waals surface area contributed by atoms with Gasteiger partial charge in [0, 0.05) is 73.5 Å². The lowest BCUT2D eigenvalue weighted by Gasteiger charge is -2.41. The van der Waals surface area contributed by atoms with Gasteiger partial charge >= 0.3 is 0 Å². The molecule has 0 spiro atoms. The largest absolute Gasteiger partial charge is 0.549 e. The topological polar surface area (TPSA) is 242 Å². The highest BCUT2D eigenvalue weighted by molar-refractivity contribution is 5.85. The molecule has 51 heavy (non-hydrogen) atoms. The van der Waals surface area contributed by atoms with Gasteiger partial charge in [-0.05, 0) is 42.0 Å². The lowest BCUT2D eigenvalue weighted by molar-refractivity contribution is -0.317. The first-order valence-electron chi connectivity index (χ1n) is 16.6. The highest BCUT2D eigenvalue weighted by Gasteiger charge is 2.30. The van der Waals surface area contributed by atoms with E-state index in [2.05, 4.69) is 9.97 Å². The van der Waals surface area contributed by atoms with Crippen LogP contribution in [0, 0.1) is 5.92 Å². The number of nitrogens with one attached hydrogen (secondary N) is 2. The summed E-state index contributed by atoms with van der Waals surface area (Å²) in [6.45, 7) is 0.781. The van der Waals surface area contributed by atoms with Crippen LogP contribution in [0.3, 0.4) is 0 Å². The van der Waals surface area contributed by atoms with Crippen LogP contribution >= 0.6 is 0 Å². The molecule has 0 fully saturated rings. The first kappa shape index (κ1) is 38.6. The maximum atomic E-state index is 12.5. The van der Waals surface area contributed by atoms with E-state index in [4.69, 9.17) is 0 Å². The zero-order valence-electron chi connectivity index (χ0n) is 28.4. The van der Waals surface area contributed by atoms with E-state index < -0.39 is 67.0 Å². The molecule has 4 atom stereocenters. The Morgan fingerprint density at radius 3 is 1.35 bits per heavy atom. The van der Waals surface area contributed by atoms with E-state index in [0.717, 1.165) is 31.6 Å². The minimum absolute atomic E-state index is 0.143. The van der Waals surface area contributed by atoms with Gasteiger partial charge in [-0.15, -0.1) is 0 Å². The van der Waals surface area contributed by atoms with Gasteiger partial charge in [0.25, 0.3) is 0 Å². The normalized spacial score (nSPS) is 14.2. The van der Waals surface area contributed by atoms with Crippen LogP contribution in [0.15, 0.2) is 60.9 Å². The van der Waals surface area contributed by atoms with Gasteiger partial charge in [0.15, 0.2) is 0 Å². The molecule has 2 aromatic heterocycles.